The standard InChI is InChI=1S/C16H27NO10/c1-6-10(17-7(2)20)15(11(21)8(4-18)25-6)27-16-13(23)12(22)14(24-3)9(5-19)26-16/h5-6,8-16,18,21-23H,4H2,1-3H3,(H,17,20). The molecule has 0 saturated carbocycles. The molecule has 0 aromatic heterocycles. The third kappa shape index (κ3) is 4.63. The van der Waals surface area contributed by atoms with Gasteiger partial charge in [0, 0.05) is 14.0 Å². The van der Waals surface area contributed by atoms with Crippen LogP contribution in [0.1, 0.15) is 13.8 Å². The molecule has 0 spiro atoms. The van der Waals surface area contributed by atoms with E-state index in [0.29, 0.717) is 6.29 Å². The zero-order valence-electron chi connectivity index (χ0n) is 15.3. The van der Waals surface area contributed by atoms with Crippen molar-refractivity contribution in [2.24, 2.45) is 0 Å². The maximum atomic E-state index is 11.5. The van der Waals surface area contributed by atoms with Crippen molar-refractivity contribution in [2.45, 2.75) is 75.0 Å². The van der Waals surface area contributed by atoms with Crippen molar-refractivity contribution in [2.75, 3.05) is 13.7 Å². The Hall–Kier alpha value is -1.18. The van der Waals surface area contributed by atoms with Gasteiger partial charge in [0.25, 0.3) is 0 Å². The second-order valence-electron chi connectivity index (χ2n) is 6.67. The monoisotopic (exact) mass is 393 g/mol. The number of carbonyl (C=O) groups is 2. The fraction of sp³-hybridized carbons (Fsp3) is 0.875. The minimum atomic E-state index is -1.58. The molecule has 0 aromatic carbocycles. The van der Waals surface area contributed by atoms with Crippen molar-refractivity contribution in [1.29, 1.82) is 0 Å². The number of aliphatic hydroxyl groups is 4. The molecule has 10 atom stereocenters. The van der Waals surface area contributed by atoms with Crippen LogP contribution in [-0.4, -0.2) is 107 Å². The van der Waals surface area contributed by atoms with E-state index in [1.165, 1.54) is 14.0 Å². The highest BCUT2D eigenvalue weighted by Gasteiger charge is 2.50. The Bertz CT molecular complexity index is 519. The zero-order chi connectivity index (χ0) is 20.3. The van der Waals surface area contributed by atoms with Gasteiger partial charge in [-0.1, -0.05) is 0 Å². The number of nitrogens with one attached hydrogen (secondary N) is 1. The lowest BCUT2D eigenvalue weighted by Gasteiger charge is -2.47. The number of methoxy groups -OCH3 is 1. The highest BCUT2D eigenvalue weighted by molar-refractivity contribution is 5.73. The van der Waals surface area contributed by atoms with E-state index in [9.17, 15) is 30.0 Å². The normalized spacial score (nSPS) is 45.3. The summed E-state index contributed by atoms with van der Waals surface area (Å²) >= 11 is 0. The van der Waals surface area contributed by atoms with Crippen LogP contribution in [0.3, 0.4) is 0 Å². The van der Waals surface area contributed by atoms with Crippen LogP contribution < -0.4 is 5.32 Å². The quantitative estimate of drug-likeness (QED) is 0.288. The van der Waals surface area contributed by atoms with Crippen LogP contribution in [-0.2, 0) is 28.5 Å². The molecule has 2 heterocycles. The highest BCUT2D eigenvalue weighted by atomic mass is 16.7. The molecule has 2 rings (SSSR count). The van der Waals surface area contributed by atoms with E-state index in [2.05, 4.69) is 5.32 Å². The number of ether oxygens (including phenoxy) is 4. The summed E-state index contributed by atoms with van der Waals surface area (Å²) in [4.78, 5) is 22.7. The Morgan fingerprint density at radius 1 is 1.15 bits per heavy atom. The van der Waals surface area contributed by atoms with Gasteiger partial charge in [-0.2, -0.15) is 0 Å². The SMILES string of the molecule is COC1C(C=O)OC(OC2C(O)C(CO)OC(C)C2NC(C)=O)C(O)C1O. The van der Waals surface area contributed by atoms with E-state index >= 15 is 0 Å². The van der Waals surface area contributed by atoms with Crippen LogP contribution in [0.2, 0.25) is 0 Å². The number of aldehydes is 1. The smallest absolute Gasteiger partial charge is 0.217 e. The van der Waals surface area contributed by atoms with E-state index in [0.717, 1.165) is 0 Å². The molecule has 2 saturated heterocycles. The summed E-state index contributed by atoms with van der Waals surface area (Å²) in [5.74, 6) is -0.408. The van der Waals surface area contributed by atoms with Gasteiger partial charge in [-0.25, -0.2) is 0 Å². The van der Waals surface area contributed by atoms with Gasteiger partial charge in [-0.15, -0.1) is 0 Å². The molecule has 10 unspecified atom stereocenters. The number of carbonyl (C=O) groups excluding carboxylic acids is 2. The van der Waals surface area contributed by atoms with Crippen LogP contribution in [0.15, 0.2) is 0 Å². The van der Waals surface area contributed by atoms with Gasteiger partial charge in [-0.3, -0.25) is 4.79 Å². The van der Waals surface area contributed by atoms with Crippen LogP contribution in [0, 0.1) is 0 Å². The zero-order valence-corrected chi connectivity index (χ0v) is 15.3. The summed E-state index contributed by atoms with van der Waals surface area (Å²) in [6.45, 7) is 2.39. The molecule has 11 heteroatoms. The van der Waals surface area contributed by atoms with E-state index < -0.39 is 73.7 Å². The van der Waals surface area contributed by atoms with Crippen molar-refractivity contribution in [1.82, 2.24) is 5.32 Å². The molecule has 0 aromatic rings. The van der Waals surface area contributed by atoms with Gasteiger partial charge in [-0.05, 0) is 6.92 Å². The minimum absolute atomic E-state index is 0.407. The molecule has 27 heavy (non-hydrogen) atoms. The fourth-order valence-corrected chi connectivity index (χ4v) is 3.40. The predicted octanol–water partition coefficient (Wildman–Crippen LogP) is -3.32. The fourth-order valence-electron chi connectivity index (χ4n) is 3.40. The largest absolute Gasteiger partial charge is 0.394 e. The molecule has 0 aliphatic carbocycles. The van der Waals surface area contributed by atoms with E-state index in [-0.39, 0.29) is 0 Å². The summed E-state index contributed by atoms with van der Waals surface area (Å²) in [5, 5.41) is 42.9. The number of hydrogen-bond donors (Lipinski definition) is 5. The van der Waals surface area contributed by atoms with Gasteiger partial charge in [0.05, 0.1) is 18.8 Å². The number of amides is 1. The first-order chi connectivity index (χ1) is 12.7. The Balaban J connectivity index is 2.23. The molecular formula is C16H27NO10. The lowest BCUT2D eigenvalue weighted by Crippen LogP contribution is -2.67. The first-order valence-corrected chi connectivity index (χ1v) is 8.61. The second kappa shape index (κ2) is 9.34. The lowest BCUT2D eigenvalue weighted by atomic mass is 9.92. The Morgan fingerprint density at radius 2 is 1.81 bits per heavy atom. The molecule has 156 valence electrons. The third-order valence-electron chi connectivity index (χ3n) is 4.79. The Labute approximate surface area is 156 Å². The summed E-state index contributed by atoms with van der Waals surface area (Å²) in [6, 6.07) is -0.830. The van der Waals surface area contributed by atoms with Crippen molar-refractivity contribution < 1.29 is 49.0 Å². The molecule has 0 bridgehead atoms. The minimum Gasteiger partial charge on any atom is -0.394 e. The van der Waals surface area contributed by atoms with E-state index in [1.807, 2.05) is 0 Å². The lowest BCUT2D eigenvalue weighted by molar-refractivity contribution is -0.323. The van der Waals surface area contributed by atoms with Crippen LogP contribution in [0.25, 0.3) is 0 Å². The molecule has 11 nitrogen and oxygen atoms in total. The highest BCUT2D eigenvalue weighted by Crippen LogP contribution is 2.29. The number of aliphatic hydroxyl groups excluding tert-OH is 4. The topological polar surface area (TPSA) is 164 Å². The molecular weight excluding hydrogens is 366 g/mol. The van der Waals surface area contributed by atoms with Gasteiger partial charge < -0.3 is 49.5 Å². The summed E-state index contributed by atoms with van der Waals surface area (Å²) in [5.41, 5.74) is 0. The first kappa shape index (κ1) is 22.1. The maximum Gasteiger partial charge on any atom is 0.217 e. The molecule has 2 aliphatic heterocycles. The number of rotatable bonds is 6. The van der Waals surface area contributed by atoms with Crippen LogP contribution in [0.5, 0.6) is 0 Å². The molecule has 0 radical (unpaired) electrons. The van der Waals surface area contributed by atoms with E-state index in [4.69, 9.17) is 18.9 Å². The second-order valence-corrected chi connectivity index (χ2v) is 6.67. The summed E-state index contributed by atoms with van der Waals surface area (Å²) in [7, 11) is 1.25. The molecule has 2 fully saturated rings. The Morgan fingerprint density at radius 3 is 2.33 bits per heavy atom. The van der Waals surface area contributed by atoms with Crippen molar-refractivity contribution in [3.8, 4) is 0 Å². The van der Waals surface area contributed by atoms with Crippen molar-refractivity contribution in [3.63, 3.8) is 0 Å². The van der Waals surface area contributed by atoms with E-state index in [1.54, 1.807) is 6.92 Å². The predicted molar refractivity (Wildman–Crippen MR) is 87.4 cm³/mol. The average molecular weight is 393 g/mol. The summed E-state index contributed by atoms with van der Waals surface area (Å²) in [6.07, 6.45) is -10.6. The van der Waals surface area contributed by atoms with Crippen LogP contribution >= 0.6 is 0 Å². The van der Waals surface area contributed by atoms with Gasteiger partial charge in [0.1, 0.15) is 42.7 Å². The summed E-state index contributed by atoms with van der Waals surface area (Å²) < 4.78 is 21.5. The molecule has 1 amide bonds. The average Bonchev–Trinajstić information content (AvgIpc) is 2.63. The third-order valence-corrected chi connectivity index (χ3v) is 4.79. The van der Waals surface area contributed by atoms with Crippen LogP contribution in [0.4, 0.5) is 0 Å². The number of hydrogen-bond acceptors (Lipinski definition) is 10. The van der Waals surface area contributed by atoms with Crippen molar-refractivity contribution >= 4 is 12.2 Å². The Kier molecular flexibility index (Phi) is 7.65. The van der Waals surface area contributed by atoms with Crippen molar-refractivity contribution in [3.05, 3.63) is 0 Å². The first-order valence-electron chi connectivity index (χ1n) is 8.61. The molecule has 2 aliphatic rings. The maximum absolute atomic E-state index is 11.5. The van der Waals surface area contributed by atoms with Gasteiger partial charge in [0.15, 0.2) is 12.6 Å². The van der Waals surface area contributed by atoms with Gasteiger partial charge >= 0.3 is 0 Å². The van der Waals surface area contributed by atoms with Gasteiger partial charge in [0.2, 0.25) is 5.91 Å². The molecule has 5 N–H and O–H groups in total.